The molecule has 152 valence electrons. The lowest BCUT2D eigenvalue weighted by Crippen LogP contribution is -3.11. The molecule has 3 N–H and O–H groups in total. The molecular formula is C23H28N3O3+. The number of ether oxygens (including phenoxy) is 3. The molecule has 3 atom stereocenters. The Hall–Kier alpha value is -2.70. The van der Waals surface area contributed by atoms with Crippen LogP contribution in [-0.2, 0) is 6.42 Å². The number of hydrogen-bond acceptors (Lipinski definition) is 5. The Kier molecular flexibility index (Phi) is 4.41. The Bertz CT molecular complexity index is 976. The fraction of sp³-hybridized carbons (Fsp3) is 0.391. The minimum atomic E-state index is 0.196. The molecule has 0 saturated heterocycles. The third-order valence-corrected chi connectivity index (χ3v) is 6.62. The number of methoxy groups -OCH3 is 1. The molecule has 0 aromatic heterocycles. The van der Waals surface area contributed by atoms with E-state index < -0.39 is 0 Å². The van der Waals surface area contributed by atoms with E-state index in [1.807, 2.05) is 0 Å². The third-order valence-electron chi connectivity index (χ3n) is 6.62. The van der Waals surface area contributed by atoms with Crippen molar-refractivity contribution in [2.24, 2.45) is 5.73 Å². The molecule has 0 amide bonds. The summed E-state index contributed by atoms with van der Waals surface area (Å²) in [6, 6.07) is 2.60. The SMILES string of the molecule is COc1c2c(cc3c1C(CC1=CC(N)=C4C=CC=CC4[NH+]1C)N(C)CC3)OCO2. The average molecular weight is 394 g/mol. The number of rotatable bonds is 3. The van der Waals surface area contributed by atoms with Crippen molar-refractivity contribution < 1.29 is 19.1 Å². The second-order valence-electron chi connectivity index (χ2n) is 8.15. The van der Waals surface area contributed by atoms with E-state index in [0.29, 0.717) is 0 Å². The second kappa shape index (κ2) is 6.97. The molecule has 0 bridgehead atoms. The molecule has 6 nitrogen and oxygen atoms in total. The van der Waals surface area contributed by atoms with Gasteiger partial charge >= 0.3 is 0 Å². The monoisotopic (exact) mass is 394 g/mol. The first-order valence-corrected chi connectivity index (χ1v) is 10.2. The average Bonchev–Trinajstić information content (AvgIpc) is 3.20. The van der Waals surface area contributed by atoms with Gasteiger partial charge in [-0.1, -0.05) is 18.2 Å². The first kappa shape index (κ1) is 18.3. The van der Waals surface area contributed by atoms with Gasteiger partial charge in [0.2, 0.25) is 12.5 Å². The number of nitrogens with two attached hydrogens (primary N) is 1. The standard InChI is InChI=1S/C23H27N3O3/c1-25-9-8-14-10-20-22(29-13-28-20)23(27-3)21(14)19(25)12-15-11-17(24)16-6-4-5-7-18(16)26(15)2/h4-7,10-11,18-19H,8-9,12-13,24H2,1-3H3/p+1. The topological polar surface area (TPSA) is 61.4 Å². The number of fused-ring (bicyclic) bond motifs is 3. The molecule has 1 aliphatic carbocycles. The molecule has 0 radical (unpaired) electrons. The first-order chi connectivity index (χ1) is 14.1. The van der Waals surface area contributed by atoms with Crippen molar-refractivity contribution in [3.63, 3.8) is 0 Å². The van der Waals surface area contributed by atoms with Crippen molar-refractivity contribution in [3.8, 4) is 17.2 Å². The summed E-state index contributed by atoms with van der Waals surface area (Å²) in [6.45, 7) is 1.24. The molecule has 6 heteroatoms. The van der Waals surface area contributed by atoms with Crippen molar-refractivity contribution in [2.45, 2.75) is 24.9 Å². The minimum Gasteiger partial charge on any atom is -0.492 e. The van der Waals surface area contributed by atoms with Crippen molar-refractivity contribution in [1.29, 1.82) is 0 Å². The van der Waals surface area contributed by atoms with E-state index in [-0.39, 0.29) is 18.9 Å². The summed E-state index contributed by atoms with van der Waals surface area (Å²) in [7, 11) is 6.13. The zero-order valence-corrected chi connectivity index (χ0v) is 17.2. The molecule has 1 aromatic carbocycles. The molecule has 0 saturated carbocycles. The van der Waals surface area contributed by atoms with Crippen molar-refractivity contribution in [3.05, 3.63) is 64.5 Å². The van der Waals surface area contributed by atoms with Gasteiger partial charge in [0.25, 0.3) is 0 Å². The van der Waals surface area contributed by atoms with E-state index in [9.17, 15) is 0 Å². The summed E-state index contributed by atoms with van der Waals surface area (Å²) < 4.78 is 17.2. The quantitative estimate of drug-likeness (QED) is 0.813. The van der Waals surface area contributed by atoms with Crippen LogP contribution in [0.1, 0.15) is 23.6 Å². The van der Waals surface area contributed by atoms with Crippen molar-refractivity contribution in [2.75, 3.05) is 34.5 Å². The van der Waals surface area contributed by atoms with Gasteiger partial charge < -0.3 is 19.9 Å². The highest BCUT2D eigenvalue weighted by Crippen LogP contribution is 2.50. The van der Waals surface area contributed by atoms with Gasteiger partial charge in [-0.3, -0.25) is 9.80 Å². The van der Waals surface area contributed by atoms with Crippen LogP contribution in [0.15, 0.2) is 53.4 Å². The lowest BCUT2D eigenvalue weighted by Gasteiger charge is -2.38. The van der Waals surface area contributed by atoms with E-state index in [0.717, 1.165) is 42.3 Å². The third kappa shape index (κ3) is 2.86. The summed E-state index contributed by atoms with van der Waals surface area (Å²) in [4.78, 5) is 3.78. The van der Waals surface area contributed by atoms with Gasteiger partial charge in [0, 0.05) is 41.9 Å². The molecule has 4 aliphatic rings. The highest BCUT2D eigenvalue weighted by molar-refractivity contribution is 5.62. The van der Waals surface area contributed by atoms with Crippen LogP contribution < -0.4 is 24.8 Å². The summed E-state index contributed by atoms with van der Waals surface area (Å²) in [5, 5.41) is 0. The van der Waals surface area contributed by atoms with E-state index >= 15 is 0 Å². The zero-order valence-electron chi connectivity index (χ0n) is 17.2. The number of hydrogen-bond donors (Lipinski definition) is 2. The highest BCUT2D eigenvalue weighted by Gasteiger charge is 2.37. The summed E-state index contributed by atoms with van der Waals surface area (Å²) in [5.74, 6) is 2.33. The van der Waals surface area contributed by atoms with Crippen LogP contribution in [0.25, 0.3) is 0 Å². The zero-order chi connectivity index (χ0) is 20.1. The Labute approximate surface area is 171 Å². The van der Waals surface area contributed by atoms with E-state index in [1.54, 1.807) is 7.11 Å². The van der Waals surface area contributed by atoms with Crippen LogP contribution >= 0.6 is 0 Å². The Morgan fingerprint density at radius 3 is 3.00 bits per heavy atom. The Balaban J connectivity index is 1.56. The number of nitrogens with one attached hydrogen (secondary N) is 1. The number of nitrogens with zero attached hydrogens (tertiary/aromatic N) is 1. The molecule has 3 unspecified atom stereocenters. The van der Waals surface area contributed by atoms with Gasteiger partial charge in [-0.25, -0.2) is 0 Å². The van der Waals surface area contributed by atoms with Crippen LogP contribution in [-0.4, -0.2) is 45.5 Å². The lowest BCUT2D eigenvalue weighted by molar-refractivity contribution is -0.856. The van der Waals surface area contributed by atoms with Gasteiger partial charge in [-0.2, -0.15) is 0 Å². The van der Waals surface area contributed by atoms with Crippen molar-refractivity contribution >= 4 is 0 Å². The van der Waals surface area contributed by atoms with Gasteiger partial charge in [0.05, 0.1) is 14.2 Å². The molecule has 5 rings (SSSR count). The fourth-order valence-electron chi connectivity index (χ4n) is 4.99. The van der Waals surface area contributed by atoms with E-state index in [1.165, 1.54) is 27.3 Å². The van der Waals surface area contributed by atoms with Gasteiger partial charge in [0.15, 0.2) is 11.5 Å². The molecule has 3 aliphatic heterocycles. The molecule has 1 aromatic rings. The van der Waals surface area contributed by atoms with Crippen molar-refractivity contribution in [1.82, 2.24) is 4.90 Å². The van der Waals surface area contributed by atoms with Crippen LogP contribution in [0, 0.1) is 0 Å². The van der Waals surface area contributed by atoms with E-state index in [4.69, 9.17) is 19.9 Å². The number of benzene rings is 1. The molecule has 29 heavy (non-hydrogen) atoms. The summed E-state index contributed by atoms with van der Waals surface area (Å²) in [5.41, 5.74) is 12.3. The predicted molar refractivity (Wildman–Crippen MR) is 111 cm³/mol. The van der Waals surface area contributed by atoms with Crippen LogP contribution in [0.5, 0.6) is 17.2 Å². The van der Waals surface area contributed by atoms with Gasteiger partial charge in [0.1, 0.15) is 11.7 Å². The number of likely N-dealkylation sites (N-methyl/N-ethyl adjacent to an activating group) is 2. The largest absolute Gasteiger partial charge is 0.492 e. The highest BCUT2D eigenvalue weighted by atomic mass is 16.7. The number of quaternary nitrogens is 1. The van der Waals surface area contributed by atoms with Gasteiger partial charge in [-0.15, -0.1) is 0 Å². The molecule has 0 fully saturated rings. The summed E-state index contributed by atoms with van der Waals surface area (Å²) in [6.07, 6.45) is 12.5. The Morgan fingerprint density at radius 1 is 1.31 bits per heavy atom. The maximum absolute atomic E-state index is 6.44. The predicted octanol–water partition coefficient (Wildman–Crippen LogP) is 1.46. The van der Waals surface area contributed by atoms with Crippen LogP contribution in [0.2, 0.25) is 0 Å². The normalized spacial score (nSPS) is 27.6. The smallest absolute Gasteiger partial charge is 0.231 e. The number of allylic oxidation sites excluding steroid dienone is 3. The molecular weight excluding hydrogens is 366 g/mol. The minimum absolute atomic E-state index is 0.196. The van der Waals surface area contributed by atoms with Crippen LogP contribution in [0.4, 0.5) is 0 Å². The maximum Gasteiger partial charge on any atom is 0.231 e. The van der Waals surface area contributed by atoms with Crippen LogP contribution in [0.3, 0.4) is 0 Å². The molecule has 0 spiro atoms. The second-order valence-corrected chi connectivity index (χ2v) is 8.15. The first-order valence-electron chi connectivity index (χ1n) is 10.2. The maximum atomic E-state index is 6.44. The molecule has 3 heterocycles. The van der Waals surface area contributed by atoms with Gasteiger partial charge in [-0.05, 0) is 31.2 Å². The van der Waals surface area contributed by atoms with E-state index in [2.05, 4.69) is 55.4 Å². The summed E-state index contributed by atoms with van der Waals surface area (Å²) >= 11 is 0. The lowest BCUT2D eigenvalue weighted by atomic mass is 9.86. The fourth-order valence-corrected chi connectivity index (χ4v) is 4.99. The Morgan fingerprint density at radius 2 is 2.17 bits per heavy atom.